The van der Waals surface area contributed by atoms with Crippen LogP contribution in [0.1, 0.15) is 11.1 Å². The van der Waals surface area contributed by atoms with Crippen molar-refractivity contribution in [2.75, 3.05) is 5.32 Å². The Labute approximate surface area is 176 Å². The summed E-state index contributed by atoms with van der Waals surface area (Å²) in [7, 11) is 0. The van der Waals surface area contributed by atoms with Crippen molar-refractivity contribution in [3.8, 4) is 5.75 Å². The van der Waals surface area contributed by atoms with E-state index in [2.05, 4.69) is 31.8 Å². The molecule has 2 N–H and O–H groups in total. The maximum absolute atomic E-state index is 11.9. The summed E-state index contributed by atoms with van der Waals surface area (Å²) >= 11 is 3.30. The van der Waals surface area contributed by atoms with Crippen LogP contribution in [0.2, 0.25) is 0 Å². The first kappa shape index (κ1) is 20.3. The lowest BCUT2D eigenvalue weighted by atomic mass is 10.2. The molecule has 0 bridgehead atoms. The minimum atomic E-state index is -0.861. The number of ether oxygens (including phenoxy) is 1. The highest BCUT2D eigenvalue weighted by Crippen LogP contribution is 2.15. The molecule has 0 aliphatic carbocycles. The molecule has 3 rings (SSSR count). The zero-order chi connectivity index (χ0) is 20.5. The Morgan fingerprint density at radius 2 is 1.69 bits per heavy atom. The molecule has 2 amide bonds. The van der Waals surface area contributed by atoms with Gasteiger partial charge in [0.2, 0.25) is 0 Å². The molecule has 3 aromatic rings. The number of benzene rings is 3. The fourth-order valence-electron chi connectivity index (χ4n) is 2.36. The van der Waals surface area contributed by atoms with E-state index >= 15 is 0 Å². The number of rotatable bonds is 6. The van der Waals surface area contributed by atoms with Gasteiger partial charge in [-0.05, 0) is 47.5 Å². The third-order valence-corrected chi connectivity index (χ3v) is 4.32. The summed E-state index contributed by atoms with van der Waals surface area (Å²) in [6, 6.07) is 24.0. The van der Waals surface area contributed by atoms with E-state index in [0.717, 1.165) is 15.6 Å². The van der Waals surface area contributed by atoms with Crippen LogP contribution in [-0.4, -0.2) is 18.0 Å². The number of amides is 2. The predicted molar refractivity (Wildman–Crippen MR) is 116 cm³/mol. The molecule has 0 aromatic heterocycles. The Bertz CT molecular complexity index is 1010. The van der Waals surface area contributed by atoms with Crippen molar-refractivity contribution in [2.24, 2.45) is 5.10 Å². The van der Waals surface area contributed by atoms with Crippen molar-refractivity contribution in [3.05, 3.63) is 94.5 Å². The zero-order valence-corrected chi connectivity index (χ0v) is 16.9. The SMILES string of the molecule is O=C(N/N=C\c1cccc(OCc2ccccc2)c1)C(=O)Nc1ccc(Br)cc1. The maximum atomic E-state index is 11.9. The molecule has 0 aliphatic heterocycles. The molecule has 0 fully saturated rings. The van der Waals surface area contributed by atoms with Gasteiger partial charge in [0, 0.05) is 10.2 Å². The molecule has 3 aromatic carbocycles. The Kier molecular flexibility index (Phi) is 7.13. The summed E-state index contributed by atoms with van der Waals surface area (Å²) in [6.07, 6.45) is 1.44. The van der Waals surface area contributed by atoms with Crippen molar-refractivity contribution in [1.29, 1.82) is 0 Å². The quantitative estimate of drug-likeness (QED) is 0.336. The van der Waals surface area contributed by atoms with Crippen LogP contribution in [0.5, 0.6) is 5.75 Å². The minimum absolute atomic E-state index is 0.453. The maximum Gasteiger partial charge on any atom is 0.329 e. The van der Waals surface area contributed by atoms with Crippen LogP contribution < -0.4 is 15.5 Å². The lowest BCUT2D eigenvalue weighted by Gasteiger charge is -2.07. The van der Waals surface area contributed by atoms with E-state index in [1.54, 1.807) is 30.3 Å². The van der Waals surface area contributed by atoms with Gasteiger partial charge in [-0.3, -0.25) is 9.59 Å². The molecule has 0 radical (unpaired) electrons. The third kappa shape index (κ3) is 6.58. The highest BCUT2D eigenvalue weighted by atomic mass is 79.9. The number of nitrogens with one attached hydrogen (secondary N) is 2. The molecule has 7 heteroatoms. The Morgan fingerprint density at radius 1 is 0.931 bits per heavy atom. The predicted octanol–water partition coefficient (Wildman–Crippen LogP) is 4.12. The van der Waals surface area contributed by atoms with Crippen LogP contribution in [-0.2, 0) is 16.2 Å². The van der Waals surface area contributed by atoms with E-state index in [1.807, 2.05) is 48.5 Å². The summed E-state index contributed by atoms with van der Waals surface area (Å²) < 4.78 is 6.63. The number of halogens is 1. The standard InChI is InChI=1S/C22H18BrN3O3/c23-18-9-11-19(12-10-18)25-21(27)22(28)26-24-14-17-7-4-8-20(13-17)29-15-16-5-2-1-3-6-16/h1-14H,15H2,(H,25,27)(H,26,28)/b24-14-. The molecule has 0 aliphatic rings. The van der Waals surface area contributed by atoms with Crippen molar-refractivity contribution in [1.82, 2.24) is 5.43 Å². The van der Waals surface area contributed by atoms with E-state index in [-0.39, 0.29) is 0 Å². The average Bonchev–Trinajstić information content (AvgIpc) is 2.75. The summed E-state index contributed by atoms with van der Waals surface area (Å²) in [5, 5.41) is 6.32. The van der Waals surface area contributed by atoms with Crippen LogP contribution >= 0.6 is 15.9 Å². The van der Waals surface area contributed by atoms with Crippen LogP contribution in [0.3, 0.4) is 0 Å². The fraction of sp³-hybridized carbons (Fsp3) is 0.0455. The first-order valence-electron chi connectivity index (χ1n) is 8.77. The Morgan fingerprint density at radius 3 is 2.45 bits per heavy atom. The molecule has 29 heavy (non-hydrogen) atoms. The van der Waals surface area contributed by atoms with Gasteiger partial charge >= 0.3 is 11.8 Å². The topological polar surface area (TPSA) is 79.8 Å². The monoisotopic (exact) mass is 451 g/mol. The van der Waals surface area contributed by atoms with Crippen molar-refractivity contribution in [2.45, 2.75) is 6.61 Å². The number of nitrogens with zero attached hydrogens (tertiary/aromatic N) is 1. The van der Waals surface area contributed by atoms with Gasteiger partial charge in [0.1, 0.15) is 12.4 Å². The molecule has 146 valence electrons. The van der Waals surface area contributed by atoms with Crippen molar-refractivity contribution >= 4 is 39.6 Å². The first-order chi connectivity index (χ1) is 14.1. The van der Waals surface area contributed by atoms with E-state index in [4.69, 9.17) is 4.74 Å². The number of hydrogen-bond acceptors (Lipinski definition) is 4. The second kappa shape index (κ2) is 10.2. The number of hydrogen-bond donors (Lipinski definition) is 2. The molecule has 0 atom stereocenters. The largest absolute Gasteiger partial charge is 0.489 e. The normalized spacial score (nSPS) is 10.5. The molecule has 0 unspecified atom stereocenters. The second-order valence-electron chi connectivity index (χ2n) is 6.01. The van der Waals surface area contributed by atoms with Gasteiger partial charge in [-0.1, -0.05) is 58.4 Å². The van der Waals surface area contributed by atoms with E-state index in [0.29, 0.717) is 18.0 Å². The van der Waals surface area contributed by atoms with Gasteiger partial charge in [-0.2, -0.15) is 5.10 Å². The average molecular weight is 452 g/mol. The summed E-state index contributed by atoms with van der Waals surface area (Å²) in [5.41, 5.74) is 4.51. The fourth-order valence-corrected chi connectivity index (χ4v) is 2.63. The highest BCUT2D eigenvalue weighted by Gasteiger charge is 2.12. The van der Waals surface area contributed by atoms with Crippen molar-refractivity contribution < 1.29 is 14.3 Å². The second-order valence-corrected chi connectivity index (χ2v) is 6.92. The minimum Gasteiger partial charge on any atom is -0.489 e. The van der Waals surface area contributed by atoms with E-state index < -0.39 is 11.8 Å². The van der Waals surface area contributed by atoms with E-state index in [9.17, 15) is 9.59 Å². The van der Waals surface area contributed by atoms with Gasteiger partial charge in [-0.25, -0.2) is 5.43 Å². The number of hydrazone groups is 1. The zero-order valence-electron chi connectivity index (χ0n) is 15.3. The van der Waals surface area contributed by atoms with Crippen LogP contribution in [0.4, 0.5) is 5.69 Å². The molecule has 6 nitrogen and oxygen atoms in total. The van der Waals surface area contributed by atoms with Crippen molar-refractivity contribution in [3.63, 3.8) is 0 Å². The van der Waals surface area contributed by atoms with Crippen LogP contribution in [0.25, 0.3) is 0 Å². The van der Waals surface area contributed by atoms with Gasteiger partial charge in [0.15, 0.2) is 0 Å². The number of anilines is 1. The lowest BCUT2D eigenvalue weighted by molar-refractivity contribution is -0.136. The number of carbonyl (C=O) groups excluding carboxylic acids is 2. The summed E-state index contributed by atoms with van der Waals surface area (Å²) in [6.45, 7) is 0.453. The third-order valence-electron chi connectivity index (χ3n) is 3.79. The molecular formula is C22H18BrN3O3. The Hall–Kier alpha value is -3.45. The molecular weight excluding hydrogens is 434 g/mol. The summed E-state index contributed by atoms with van der Waals surface area (Å²) in [5.74, 6) is -0.984. The molecule has 0 heterocycles. The first-order valence-corrected chi connectivity index (χ1v) is 9.56. The Balaban J connectivity index is 1.51. The highest BCUT2D eigenvalue weighted by molar-refractivity contribution is 9.10. The van der Waals surface area contributed by atoms with Gasteiger partial charge in [0.25, 0.3) is 0 Å². The van der Waals surface area contributed by atoms with E-state index in [1.165, 1.54) is 6.21 Å². The smallest absolute Gasteiger partial charge is 0.329 e. The van der Waals surface area contributed by atoms with Crippen LogP contribution in [0.15, 0.2) is 88.4 Å². The lowest BCUT2D eigenvalue weighted by Crippen LogP contribution is -2.32. The molecule has 0 saturated heterocycles. The number of carbonyl (C=O) groups is 2. The summed E-state index contributed by atoms with van der Waals surface area (Å²) in [4.78, 5) is 23.7. The van der Waals surface area contributed by atoms with Gasteiger partial charge in [-0.15, -0.1) is 0 Å². The molecule has 0 spiro atoms. The molecule has 0 saturated carbocycles. The van der Waals surface area contributed by atoms with Gasteiger partial charge < -0.3 is 10.1 Å². The van der Waals surface area contributed by atoms with Crippen LogP contribution in [0, 0.1) is 0 Å². The van der Waals surface area contributed by atoms with Gasteiger partial charge in [0.05, 0.1) is 6.21 Å².